The summed E-state index contributed by atoms with van der Waals surface area (Å²) in [5.41, 5.74) is 4.13. The first-order valence-electron chi connectivity index (χ1n) is 12.5. The minimum Gasteiger partial charge on any atom is -0.391 e. The summed E-state index contributed by atoms with van der Waals surface area (Å²) >= 11 is 0. The summed E-state index contributed by atoms with van der Waals surface area (Å²) in [5.74, 6) is -1.88. The molecule has 2 amide bonds. The zero-order chi connectivity index (χ0) is 26.3. The lowest BCUT2D eigenvalue weighted by Gasteiger charge is -2.40. The predicted molar refractivity (Wildman–Crippen MR) is 134 cm³/mol. The molecule has 196 valence electrons. The van der Waals surface area contributed by atoms with Crippen LogP contribution in [0.15, 0.2) is 30.6 Å². The van der Waals surface area contributed by atoms with E-state index in [1.165, 1.54) is 0 Å². The van der Waals surface area contributed by atoms with E-state index in [1.807, 2.05) is 26.8 Å². The van der Waals surface area contributed by atoms with Gasteiger partial charge in [-0.05, 0) is 66.5 Å². The minimum atomic E-state index is -1.02. The molecule has 1 aliphatic carbocycles. The molecule has 0 saturated carbocycles. The number of aliphatic hydroxyl groups is 1. The molecule has 10 heteroatoms. The van der Waals surface area contributed by atoms with E-state index in [1.54, 1.807) is 12.4 Å². The first-order valence-corrected chi connectivity index (χ1v) is 12.5. The number of aliphatic hydroxyl groups excluding tert-OH is 1. The molecule has 2 atom stereocenters. The van der Waals surface area contributed by atoms with Crippen LogP contribution < -0.4 is 10.6 Å². The van der Waals surface area contributed by atoms with Crippen LogP contribution in [-0.2, 0) is 10.2 Å². The van der Waals surface area contributed by atoms with Gasteiger partial charge in [0.15, 0.2) is 11.6 Å². The lowest BCUT2D eigenvalue weighted by Crippen LogP contribution is -2.45. The van der Waals surface area contributed by atoms with Crippen LogP contribution in [0.3, 0.4) is 0 Å². The number of hydrogen-bond acceptors (Lipinski definition) is 5. The van der Waals surface area contributed by atoms with Crippen molar-refractivity contribution >= 4 is 11.7 Å². The number of ether oxygens (including phenoxy) is 1. The normalized spacial score (nSPS) is 21.4. The summed E-state index contributed by atoms with van der Waals surface area (Å²) < 4.78 is 33.8. The van der Waals surface area contributed by atoms with Gasteiger partial charge in [-0.1, -0.05) is 13.8 Å². The number of amides is 2. The highest BCUT2D eigenvalue weighted by Crippen LogP contribution is 2.43. The third-order valence-electron chi connectivity index (χ3n) is 7.42. The molecular weight excluding hydrogens is 480 g/mol. The zero-order valence-electron chi connectivity index (χ0n) is 21.1. The number of halogens is 2. The van der Waals surface area contributed by atoms with Gasteiger partial charge >= 0.3 is 6.03 Å². The van der Waals surface area contributed by atoms with E-state index in [0.29, 0.717) is 30.0 Å². The van der Waals surface area contributed by atoms with Crippen molar-refractivity contribution in [3.63, 3.8) is 0 Å². The van der Waals surface area contributed by atoms with Crippen molar-refractivity contribution in [3.05, 3.63) is 64.6 Å². The molecule has 1 saturated heterocycles. The van der Waals surface area contributed by atoms with Crippen molar-refractivity contribution in [1.82, 2.24) is 20.5 Å². The lowest BCUT2D eigenvalue weighted by atomic mass is 9.69. The summed E-state index contributed by atoms with van der Waals surface area (Å²) in [6, 6.07) is 2.64. The van der Waals surface area contributed by atoms with Gasteiger partial charge in [-0.25, -0.2) is 18.6 Å². The van der Waals surface area contributed by atoms with E-state index in [-0.39, 0.29) is 12.3 Å². The van der Waals surface area contributed by atoms with E-state index in [2.05, 4.69) is 20.8 Å². The van der Waals surface area contributed by atoms with Crippen molar-refractivity contribution in [3.8, 4) is 11.3 Å². The van der Waals surface area contributed by atoms with E-state index in [0.717, 1.165) is 47.5 Å². The molecule has 3 aromatic rings. The Morgan fingerprint density at radius 3 is 2.62 bits per heavy atom. The maximum atomic E-state index is 14.2. The Bertz CT molecular complexity index is 1310. The minimum absolute atomic E-state index is 0.0918. The molecule has 3 heterocycles. The van der Waals surface area contributed by atoms with Crippen LogP contribution in [0.1, 0.15) is 67.5 Å². The second-order valence-electron chi connectivity index (χ2n) is 10.5. The summed E-state index contributed by atoms with van der Waals surface area (Å²) in [7, 11) is 0. The fourth-order valence-electron chi connectivity index (χ4n) is 5.52. The third-order valence-corrected chi connectivity index (χ3v) is 7.42. The number of aromatic nitrogens is 3. The van der Waals surface area contributed by atoms with Crippen LogP contribution >= 0.6 is 0 Å². The number of hydrogen-bond donors (Lipinski definition) is 4. The van der Waals surface area contributed by atoms with E-state index in [4.69, 9.17) is 9.72 Å². The summed E-state index contributed by atoms with van der Waals surface area (Å²) in [6.45, 7) is 6.84. The van der Waals surface area contributed by atoms with Crippen molar-refractivity contribution < 1.29 is 23.4 Å². The third kappa shape index (κ3) is 4.95. The van der Waals surface area contributed by atoms with Gasteiger partial charge in [0.25, 0.3) is 0 Å². The number of rotatable bonds is 4. The van der Waals surface area contributed by atoms with E-state index in [9.17, 15) is 18.7 Å². The number of benzene rings is 1. The molecular formula is C27H31F2N5O3. The lowest BCUT2D eigenvalue weighted by molar-refractivity contribution is 0.0846. The predicted octanol–water partition coefficient (Wildman–Crippen LogP) is 4.86. The Labute approximate surface area is 213 Å². The molecule has 1 aliphatic heterocycles. The topological polar surface area (TPSA) is 112 Å². The Kier molecular flexibility index (Phi) is 6.72. The van der Waals surface area contributed by atoms with Gasteiger partial charge in [-0.15, -0.1) is 0 Å². The maximum Gasteiger partial charge on any atom is 0.319 e. The highest BCUT2D eigenvalue weighted by Gasteiger charge is 2.40. The Hall–Kier alpha value is -3.37. The van der Waals surface area contributed by atoms with Crippen molar-refractivity contribution in [2.45, 2.75) is 63.5 Å². The number of anilines is 1. The first kappa shape index (κ1) is 25.3. The standard InChI is InChI=1S/C27H31F2N5O3/c1-14-8-21(24(15-4-6-37-7-5-15)33-23(14)16-12-30-31-13-16)32-26(36)34-25-17-9-19(28)20(29)10-18(17)27(2,3)11-22(25)35/h8-10,12-13,15,22,25,35H,4-7,11H2,1-3H3,(H,30,31)(H2,32,34,36)/t22-,25?/m1/s1. The molecule has 5 rings (SSSR count). The first-order chi connectivity index (χ1) is 17.6. The average Bonchev–Trinajstić information content (AvgIpc) is 3.38. The summed E-state index contributed by atoms with van der Waals surface area (Å²) in [4.78, 5) is 18.2. The molecule has 2 aliphatic rings. The van der Waals surface area contributed by atoms with Gasteiger partial charge in [-0.3, -0.25) is 5.10 Å². The number of carbonyl (C=O) groups is 1. The summed E-state index contributed by atoms with van der Waals surface area (Å²) in [6.07, 6.45) is 4.32. The number of aryl methyl sites for hydroxylation is 1. The largest absolute Gasteiger partial charge is 0.391 e. The molecule has 4 N–H and O–H groups in total. The highest BCUT2D eigenvalue weighted by molar-refractivity contribution is 5.91. The molecule has 2 aromatic heterocycles. The van der Waals surface area contributed by atoms with Crippen LogP contribution in [0, 0.1) is 18.6 Å². The van der Waals surface area contributed by atoms with Gasteiger partial charge in [0.1, 0.15) is 0 Å². The summed E-state index contributed by atoms with van der Waals surface area (Å²) in [5, 5.41) is 23.4. The number of urea groups is 1. The number of aromatic amines is 1. The van der Waals surface area contributed by atoms with Crippen molar-refractivity contribution in [1.29, 1.82) is 0 Å². The Morgan fingerprint density at radius 2 is 1.92 bits per heavy atom. The van der Waals surface area contributed by atoms with Gasteiger partial charge in [0.05, 0.1) is 35.4 Å². The van der Waals surface area contributed by atoms with Gasteiger partial charge in [-0.2, -0.15) is 5.10 Å². The molecule has 0 radical (unpaired) electrons. The van der Waals surface area contributed by atoms with Crippen LogP contribution in [0.5, 0.6) is 0 Å². The number of H-pyrrole nitrogens is 1. The quantitative estimate of drug-likeness (QED) is 0.400. The Morgan fingerprint density at radius 1 is 1.19 bits per heavy atom. The fraction of sp³-hybridized carbons (Fsp3) is 0.444. The molecule has 0 spiro atoms. The van der Waals surface area contributed by atoms with Gasteiger partial charge in [0.2, 0.25) is 0 Å². The van der Waals surface area contributed by atoms with Crippen molar-refractivity contribution in [2.75, 3.05) is 18.5 Å². The zero-order valence-corrected chi connectivity index (χ0v) is 21.1. The molecule has 1 aromatic carbocycles. The smallest absolute Gasteiger partial charge is 0.319 e. The highest BCUT2D eigenvalue weighted by atomic mass is 19.2. The van der Waals surface area contributed by atoms with E-state index >= 15 is 0 Å². The molecule has 37 heavy (non-hydrogen) atoms. The van der Waals surface area contributed by atoms with E-state index < -0.39 is 35.2 Å². The van der Waals surface area contributed by atoms with Gasteiger partial charge < -0.3 is 20.5 Å². The van der Waals surface area contributed by atoms with Crippen molar-refractivity contribution in [2.24, 2.45) is 0 Å². The van der Waals surface area contributed by atoms with Gasteiger partial charge in [0, 0.05) is 30.9 Å². The second kappa shape index (κ2) is 9.83. The Balaban J connectivity index is 1.45. The monoisotopic (exact) mass is 511 g/mol. The number of nitrogens with zero attached hydrogens (tertiary/aromatic N) is 2. The van der Waals surface area contributed by atoms with Crippen LogP contribution in [-0.4, -0.2) is 45.6 Å². The van der Waals surface area contributed by atoms with Crippen LogP contribution in [0.4, 0.5) is 19.3 Å². The number of fused-ring (bicyclic) bond motifs is 1. The maximum absolute atomic E-state index is 14.2. The molecule has 0 bridgehead atoms. The fourth-order valence-corrected chi connectivity index (χ4v) is 5.52. The average molecular weight is 512 g/mol. The number of pyridine rings is 1. The number of nitrogens with one attached hydrogen (secondary N) is 3. The molecule has 1 fully saturated rings. The molecule has 1 unspecified atom stereocenters. The number of carbonyl (C=O) groups excluding carboxylic acids is 1. The second-order valence-corrected chi connectivity index (χ2v) is 10.5. The molecule has 8 nitrogen and oxygen atoms in total. The van der Waals surface area contributed by atoms with Crippen LogP contribution in [0.25, 0.3) is 11.3 Å². The van der Waals surface area contributed by atoms with Crippen LogP contribution in [0.2, 0.25) is 0 Å². The SMILES string of the molecule is Cc1cc(NC(=O)NC2c3cc(F)c(F)cc3C(C)(C)C[C@H]2O)c(C2CCOCC2)nc1-c1cn[nH]c1.